The number of amides is 2. The summed E-state index contributed by atoms with van der Waals surface area (Å²) < 4.78 is 46.9. The van der Waals surface area contributed by atoms with Crippen molar-refractivity contribution in [3.05, 3.63) is 41.7 Å². The first kappa shape index (κ1) is 24.4. The molecule has 9 heteroatoms. The topological polar surface area (TPSA) is 102 Å². The standard InChI is InChI=1S/C23H31FN2O5S/c1-16(19-9-11-20(24)21(14-19)31-15-17-7-8-17)26-32(29,30)13-5-3-2-4-6-18-10-12-22(27)25-23(18)28/h3,5,9,11,14,16-18,26H,2,4,6-8,10,12-13,15H2,1H3,(H,25,27,28)/b5-3+/t16-,18?/m1/s1. The van der Waals surface area contributed by atoms with Crippen LogP contribution in [-0.2, 0) is 19.6 Å². The minimum absolute atomic E-state index is 0.149. The highest BCUT2D eigenvalue weighted by Gasteiger charge is 2.25. The fourth-order valence-electron chi connectivity index (χ4n) is 3.59. The van der Waals surface area contributed by atoms with Crippen molar-refractivity contribution >= 4 is 21.8 Å². The van der Waals surface area contributed by atoms with Crippen LogP contribution in [0.15, 0.2) is 30.4 Å². The van der Waals surface area contributed by atoms with Crippen molar-refractivity contribution in [1.29, 1.82) is 0 Å². The summed E-state index contributed by atoms with van der Waals surface area (Å²) in [6.45, 7) is 2.19. The number of imide groups is 1. The number of hydrogen-bond acceptors (Lipinski definition) is 5. The summed E-state index contributed by atoms with van der Waals surface area (Å²) in [7, 11) is -3.56. The Bertz CT molecular complexity index is 959. The maximum atomic E-state index is 14.0. The largest absolute Gasteiger partial charge is 0.490 e. The van der Waals surface area contributed by atoms with Crippen LogP contribution in [0.25, 0.3) is 0 Å². The van der Waals surface area contributed by atoms with Crippen LogP contribution in [0.3, 0.4) is 0 Å². The molecule has 32 heavy (non-hydrogen) atoms. The normalized spacial score (nSPS) is 20.4. The predicted molar refractivity (Wildman–Crippen MR) is 119 cm³/mol. The molecule has 1 heterocycles. The quantitative estimate of drug-likeness (QED) is 0.279. The van der Waals surface area contributed by atoms with Crippen LogP contribution < -0.4 is 14.8 Å². The average molecular weight is 467 g/mol. The Morgan fingerprint density at radius 1 is 1.25 bits per heavy atom. The maximum absolute atomic E-state index is 14.0. The molecular weight excluding hydrogens is 435 g/mol. The van der Waals surface area contributed by atoms with Crippen molar-refractivity contribution in [2.75, 3.05) is 12.4 Å². The summed E-state index contributed by atoms with van der Waals surface area (Å²) in [5, 5.41) is 2.34. The van der Waals surface area contributed by atoms with E-state index in [0.29, 0.717) is 43.8 Å². The number of hydrogen-bond donors (Lipinski definition) is 2. The Kier molecular flexibility index (Phi) is 8.42. The molecule has 2 N–H and O–H groups in total. The summed E-state index contributed by atoms with van der Waals surface area (Å²) in [5.74, 6) is -0.567. The van der Waals surface area contributed by atoms with Gasteiger partial charge in [0.1, 0.15) is 0 Å². The van der Waals surface area contributed by atoms with E-state index in [0.717, 1.165) is 19.3 Å². The van der Waals surface area contributed by atoms with E-state index < -0.39 is 21.9 Å². The molecule has 176 valence electrons. The number of carbonyl (C=O) groups excluding carboxylic acids is 2. The zero-order valence-corrected chi connectivity index (χ0v) is 19.1. The third-order valence-corrected chi connectivity index (χ3v) is 7.09. The Balaban J connectivity index is 1.41. The molecule has 7 nitrogen and oxygen atoms in total. The summed E-state index contributed by atoms with van der Waals surface area (Å²) >= 11 is 0. The van der Waals surface area contributed by atoms with Gasteiger partial charge in [-0.3, -0.25) is 14.9 Å². The molecule has 1 aliphatic heterocycles. The number of rotatable bonds is 12. The van der Waals surface area contributed by atoms with E-state index in [1.165, 1.54) is 6.07 Å². The molecule has 1 saturated carbocycles. The van der Waals surface area contributed by atoms with E-state index in [4.69, 9.17) is 4.74 Å². The van der Waals surface area contributed by atoms with Gasteiger partial charge in [-0.15, -0.1) is 0 Å². The number of allylic oxidation sites excluding steroid dienone is 1. The fourth-order valence-corrected chi connectivity index (χ4v) is 4.75. The number of ether oxygens (including phenoxy) is 1. The smallest absolute Gasteiger partial charge is 0.229 e. The summed E-state index contributed by atoms with van der Waals surface area (Å²) in [6.07, 6.45) is 8.59. The Morgan fingerprint density at radius 2 is 2.03 bits per heavy atom. The molecule has 2 amide bonds. The van der Waals surface area contributed by atoms with Gasteiger partial charge in [-0.05, 0) is 69.1 Å². The number of unbranched alkanes of at least 4 members (excludes halogenated alkanes) is 1. The van der Waals surface area contributed by atoms with Crippen LogP contribution in [0, 0.1) is 17.7 Å². The molecule has 3 rings (SSSR count). The molecule has 0 aromatic heterocycles. The highest BCUT2D eigenvalue weighted by molar-refractivity contribution is 7.89. The van der Waals surface area contributed by atoms with Crippen LogP contribution in [0.1, 0.15) is 63.5 Å². The van der Waals surface area contributed by atoms with Crippen LogP contribution in [0.5, 0.6) is 5.75 Å². The SMILES string of the molecule is C[C@@H](NS(=O)(=O)C/C=C/CCCC1CCC(=O)NC1=O)c1ccc(F)c(OCC2CC2)c1. The van der Waals surface area contributed by atoms with E-state index in [1.54, 1.807) is 31.2 Å². The van der Waals surface area contributed by atoms with Crippen molar-refractivity contribution in [3.63, 3.8) is 0 Å². The number of carbonyl (C=O) groups is 2. The highest BCUT2D eigenvalue weighted by atomic mass is 32.2. The van der Waals surface area contributed by atoms with E-state index in [2.05, 4.69) is 10.0 Å². The molecule has 1 aromatic carbocycles. The Hall–Kier alpha value is -2.26. The van der Waals surface area contributed by atoms with Crippen LogP contribution in [0.2, 0.25) is 0 Å². The molecule has 1 aliphatic carbocycles. The van der Waals surface area contributed by atoms with Crippen molar-refractivity contribution in [2.45, 2.75) is 57.9 Å². The lowest BCUT2D eigenvalue weighted by Crippen LogP contribution is -2.40. The lowest BCUT2D eigenvalue weighted by molar-refractivity contribution is -0.136. The number of piperidine rings is 1. The van der Waals surface area contributed by atoms with Gasteiger partial charge in [-0.1, -0.05) is 18.2 Å². The van der Waals surface area contributed by atoms with Gasteiger partial charge in [-0.25, -0.2) is 17.5 Å². The minimum atomic E-state index is -3.56. The molecular formula is C23H31FN2O5S. The first-order valence-electron chi connectivity index (χ1n) is 11.1. The van der Waals surface area contributed by atoms with Gasteiger partial charge in [0.05, 0.1) is 12.4 Å². The number of halogens is 1. The highest BCUT2D eigenvalue weighted by Crippen LogP contribution is 2.31. The van der Waals surface area contributed by atoms with Gasteiger partial charge in [-0.2, -0.15) is 0 Å². The summed E-state index contributed by atoms with van der Waals surface area (Å²) in [5.41, 5.74) is 0.633. The van der Waals surface area contributed by atoms with Crippen LogP contribution in [-0.4, -0.2) is 32.6 Å². The third-order valence-electron chi connectivity index (χ3n) is 5.74. The van der Waals surface area contributed by atoms with E-state index in [-0.39, 0.29) is 29.2 Å². The molecule has 1 saturated heterocycles. The van der Waals surface area contributed by atoms with Gasteiger partial charge in [0, 0.05) is 18.4 Å². The molecule has 1 aromatic rings. The summed E-state index contributed by atoms with van der Waals surface area (Å²) in [6, 6.07) is 3.88. The third kappa shape index (κ3) is 7.70. The molecule has 2 aliphatic rings. The second-order valence-electron chi connectivity index (χ2n) is 8.62. The fraction of sp³-hybridized carbons (Fsp3) is 0.565. The lowest BCUT2D eigenvalue weighted by Gasteiger charge is -2.20. The van der Waals surface area contributed by atoms with Crippen molar-refractivity contribution < 1.29 is 27.1 Å². The zero-order chi connectivity index (χ0) is 23.1. The van der Waals surface area contributed by atoms with Gasteiger partial charge in [0.15, 0.2) is 11.6 Å². The van der Waals surface area contributed by atoms with Crippen LogP contribution in [0.4, 0.5) is 4.39 Å². The first-order valence-corrected chi connectivity index (χ1v) is 12.8. The Labute approximate surface area is 188 Å². The zero-order valence-electron chi connectivity index (χ0n) is 18.3. The monoisotopic (exact) mass is 466 g/mol. The number of nitrogens with one attached hydrogen (secondary N) is 2. The van der Waals surface area contributed by atoms with E-state index in [9.17, 15) is 22.4 Å². The van der Waals surface area contributed by atoms with Gasteiger partial charge < -0.3 is 4.74 Å². The van der Waals surface area contributed by atoms with Crippen LogP contribution >= 0.6 is 0 Å². The molecule has 0 bridgehead atoms. The first-order chi connectivity index (χ1) is 15.2. The number of sulfonamides is 1. The van der Waals surface area contributed by atoms with E-state index >= 15 is 0 Å². The Morgan fingerprint density at radius 3 is 2.75 bits per heavy atom. The van der Waals surface area contributed by atoms with E-state index in [1.807, 2.05) is 0 Å². The molecule has 0 spiro atoms. The minimum Gasteiger partial charge on any atom is -0.490 e. The van der Waals surface area contributed by atoms with Crippen molar-refractivity contribution in [2.24, 2.45) is 11.8 Å². The summed E-state index contributed by atoms with van der Waals surface area (Å²) in [4.78, 5) is 22.9. The molecule has 1 unspecified atom stereocenters. The average Bonchev–Trinajstić information content (AvgIpc) is 3.55. The maximum Gasteiger partial charge on any atom is 0.229 e. The second-order valence-corrected chi connectivity index (χ2v) is 10.4. The van der Waals surface area contributed by atoms with Gasteiger partial charge in [0.25, 0.3) is 0 Å². The molecule has 2 fully saturated rings. The predicted octanol–water partition coefficient (Wildman–Crippen LogP) is 3.37. The molecule has 2 atom stereocenters. The van der Waals surface area contributed by atoms with Gasteiger partial charge in [0.2, 0.25) is 21.8 Å². The van der Waals surface area contributed by atoms with Crippen molar-refractivity contribution in [1.82, 2.24) is 10.0 Å². The number of benzene rings is 1. The van der Waals surface area contributed by atoms with Gasteiger partial charge >= 0.3 is 0 Å². The van der Waals surface area contributed by atoms with Crippen molar-refractivity contribution in [3.8, 4) is 5.75 Å². The molecule has 0 radical (unpaired) electrons. The second kappa shape index (κ2) is 11.0. The lowest BCUT2D eigenvalue weighted by atomic mass is 9.93.